The molecule has 1 saturated heterocycles. The first-order valence-electron chi connectivity index (χ1n) is 9.33. The van der Waals surface area contributed by atoms with Crippen LogP contribution < -0.4 is 5.32 Å². The van der Waals surface area contributed by atoms with E-state index in [1.54, 1.807) is 11.8 Å². The number of aromatic nitrogens is 2. The Labute approximate surface area is 172 Å². The van der Waals surface area contributed by atoms with Gasteiger partial charge < -0.3 is 15.0 Å². The lowest BCUT2D eigenvalue weighted by Crippen LogP contribution is -2.49. The number of hydrogen-bond donors (Lipinski definition) is 1. The Bertz CT molecular complexity index is 827. The highest BCUT2D eigenvalue weighted by molar-refractivity contribution is 8.01. The van der Waals surface area contributed by atoms with Crippen LogP contribution in [-0.4, -0.2) is 51.9 Å². The number of thioether (sulfide) groups is 1. The maximum absolute atomic E-state index is 12.7. The zero-order chi connectivity index (χ0) is 19.9. The summed E-state index contributed by atoms with van der Waals surface area (Å²) in [6, 6.07) is 7.49. The molecule has 1 aromatic carbocycles. The van der Waals surface area contributed by atoms with E-state index in [0.29, 0.717) is 29.0 Å². The lowest BCUT2D eigenvalue weighted by molar-refractivity contribution is -0.155. The lowest BCUT2D eigenvalue weighted by atomic mass is 10.0. The normalized spacial score (nSPS) is 16.6. The van der Waals surface area contributed by atoms with E-state index in [9.17, 15) is 9.59 Å². The molecule has 0 unspecified atom stereocenters. The van der Waals surface area contributed by atoms with Crippen LogP contribution in [-0.2, 0) is 14.3 Å². The van der Waals surface area contributed by atoms with Gasteiger partial charge in [0.2, 0.25) is 11.0 Å². The summed E-state index contributed by atoms with van der Waals surface area (Å²) in [5.41, 5.74) is 2.11. The van der Waals surface area contributed by atoms with Crippen molar-refractivity contribution in [2.75, 3.05) is 24.2 Å². The number of ether oxygens (including phenoxy) is 1. The average Bonchev–Trinajstić information content (AvgIpc) is 3.15. The van der Waals surface area contributed by atoms with Gasteiger partial charge in [-0.25, -0.2) is 4.79 Å². The van der Waals surface area contributed by atoms with E-state index in [-0.39, 0.29) is 17.6 Å². The molecule has 1 aliphatic heterocycles. The summed E-state index contributed by atoms with van der Waals surface area (Å²) >= 11 is 2.75. The van der Waals surface area contributed by atoms with Gasteiger partial charge in [-0.1, -0.05) is 41.3 Å². The van der Waals surface area contributed by atoms with E-state index in [0.717, 1.165) is 24.1 Å². The Hall–Kier alpha value is -2.13. The molecule has 3 rings (SSSR count). The van der Waals surface area contributed by atoms with Gasteiger partial charge in [0, 0.05) is 12.2 Å². The zero-order valence-electron chi connectivity index (χ0n) is 16.0. The largest absolute Gasteiger partial charge is 0.464 e. The third kappa shape index (κ3) is 5.23. The highest BCUT2D eigenvalue weighted by Crippen LogP contribution is 2.29. The molecule has 2 aromatic rings. The van der Waals surface area contributed by atoms with E-state index < -0.39 is 6.04 Å². The van der Waals surface area contributed by atoms with Crippen LogP contribution in [0.15, 0.2) is 28.6 Å². The first-order chi connectivity index (χ1) is 13.6. The number of para-hydroxylation sites is 1. The number of nitrogens with one attached hydrogen (secondary N) is 1. The number of likely N-dealkylation sites (tertiary alicyclic amines) is 1. The first-order valence-corrected chi connectivity index (χ1v) is 11.1. The minimum Gasteiger partial charge on any atom is -0.464 e. The quantitative estimate of drug-likeness (QED) is 0.541. The van der Waals surface area contributed by atoms with Gasteiger partial charge in [0.1, 0.15) is 6.04 Å². The Balaban J connectivity index is 1.56. The summed E-state index contributed by atoms with van der Waals surface area (Å²) < 4.78 is 5.84. The molecule has 2 heterocycles. The number of piperidine rings is 1. The molecule has 1 fully saturated rings. The van der Waals surface area contributed by atoms with Crippen molar-refractivity contribution < 1.29 is 14.3 Å². The van der Waals surface area contributed by atoms with E-state index >= 15 is 0 Å². The summed E-state index contributed by atoms with van der Waals surface area (Å²) in [4.78, 5) is 26.5. The molecule has 9 heteroatoms. The lowest BCUT2D eigenvalue weighted by Gasteiger charge is -2.33. The minimum absolute atomic E-state index is 0.0635. The number of carbonyl (C=O) groups is 2. The Morgan fingerprint density at radius 3 is 2.93 bits per heavy atom. The van der Waals surface area contributed by atoms with E-state index in [1.165, 1.54) is 23.1 Å². The number of anilines is 2. The molecule has 1 aliphatic rings. The van der Waals surface area contributed by atoms with E-state index in [4.69, 9.17) is 4.74 Å². The van der Waals surface area contributed by atoms with Crippen LogP contribution in [0.1, 0.15) is 31.7 Å². The first kappa shape index (κ1) is 20.6. The molecule has 1 N–H and O–H groups in total. The molecule has 0 saturated carbocycles. The number of hydrogen-bond acceptors (Lipinski definition) is 8. The van der Waals surface area contributed by atoms with Gasteiger partial charge in [-0.05, 0) is 44.7 Å². The molecule has 1 aromatic heterocycles. The number of carbonyl (C=O) groups excluding carboxylic acids is 2. The molecule has 0 aliphatic carbocycles. The Morgan fingerprint density at radius 2 is 2.14 bits per heavy atom. The zero-order valence-corrected chi connectivity index (χ0v) is 17.6. The molecule has 28 heavy (non-hydrogen) atoms. The molecule has 150 valence electrons. The van der Waals surface area contributed by atoms with Crippen LogP contribution in [0.4, 0.5) is 10.8 Å². The topological polar surface area (TPSA) is 84.4 Å². The second-order valence-corrected chi connectivity index (χ2v) is 8.65. The highest BCUT2D eigenvalue weighted by atomic mass is 32.2. The molecule has 0 radical (unpaired) electrons. The van der Waals surface area contributed by atoms with Crippen molar-refractivity contribution in [1.29, 1.82) is 0 Å². The van der Waals surface area contributed by atoms with Gasteiger partial charge in [-0.15, -0.1) is 10.2 Å². The fourth-order valence-electron chi connectivity index (χ4n) is 3.07. The van der Waals surface area contributed by atoms with Crippen LogP contribution >= 0.6 is 23.1 Å². The maximum Gasteiger partial charge on any atom is 0.328 e. The van der Waals surface area contributed by atoms with Gasteiger partial charge in [-0.2, -0.15) is 0 Å². The summed E-state index contributed by atoms with van der Waals surface area (Å²) in [6.07, 6.45) is 2.51. The average molecular weight is 421 g/mol. The van der Waals surface area contributed by atoms with Crippen LogP contribution in [0.3, 0.4) is 0 Å². The van der Waals surface area contributed by atoms with Gasteiger partial charge in [0.25, 0.3) is 0 Å². The molecule has 7 nitrogen and oxygen atoms in total. The number of benzene rings is 1. The Kier molecular flexibility index (Phi) is 7.27. The van der Waals surface area contributed by atoms with Gasteiger partial charge in [0.15, 0.2) is 4.34 Å². The van der Waals surface area contributed by atoms with Gasteiger partial charge in [-0.3, -0.25) is 4.79 Å². The molecule has 1 amide bonds. The van der Waals surface area contributed by atoms with Crippen molar-refractivity contribution in [3.63, 3.8) is 0 Å². The number of amides is 1. The molecular formula is C19H24N4O3S2. The number of rotatable bonds is 7. The van der Waals surface area contributed by atoms with Crippen molar-refractivity contribution in [3.8, 4) is 0 Å². The van der Waals surface area contributed by atoms with Crippen LogP contribution in [0, 0.1) is 6.92 Å². The van der Waals surface area contributed by atoms with Gasteiger partial charge in [0.05, 0.1) is 12.4 Å². The third-order valence-electron chi connectivity index (χ3n) is 4.49. The van der Waals surface area contributed by atoms with Crippen LogP contribution in [0.2, 0.25) is 0 Å². The smallest absolute Gasteiger partial charge is 0.328 e. The van der Waals surface area contributed by atoms with Crippen molar-refractivity contribution in [2.45, 2.75) is 43.5 Å². The number of esters is 1. The predicted molar refractivity (Wildman–Crippen MR) is 111 cm³/mol. The van der Waals surface area contributed by atoms with E-state index in [2.05, 4.69) is 15.5 Å². The third-order valence-corrected chi connectivity index (χ3v) is 6.45. The minimum atomic E-state index is -0.463. The molecule has 1 atom stereocenters. The van der Waals surface area contributed by atoms with Gasteiger partial charge >= 0.3 is 5.97 Å². The second-order valence-electron chi connectivity index (χ2n) is 6.45. The van der Waals surface area contributed by atoms with Crippen molar-refractivity contribution in [3.05, 3.63) is 29.8 Å². The number of aryl methyl sites for hydroxylation is 1. The fraction of sp³-hybridized carbons (Fsp3) is 0.474. The summed E-state index contributed by atoms with van der Waals surface area (Å²) in [5, 5.41) is 12.2. The van der Waals surface area contributed by atoms with Crippen molar-refractivity contribution in [2.24, 2.45) is 0 Å². The molecule has 0 bridgehead atoms. The monoisotopic (exact) mass is 420 g/mol. The standard InChI is InChI=1S/C19H24N4O3S2/c1-3-26-17(25)15-10-6-7-11-23(15)16(24)12-27-19-22-21-18(28-19)20-14-9-5-4-8-13(14)2/h4-5,8-9,15H,3,6-7,10-12H2,1-2H3,(H,20,21)/t15-/m0/s1. The fourth-order valence-corrected chi connectivity index (χ4v) is 4.72. The van der Waals surface area contributed by atoms with Crippen molar-refractivity contribution >= 4 is 45.8 Å². The Morgan fingerprint density at radius 1 is 1.32 bits per heavy atom. The molecular weight excluding hydrogens is 396 g/mol. The second kappa shape index (κ2) is 9.88. The highest BCUT2D eigenvalue weighted by Gasteiger charge is 2.33. The van der Waals surface area contributed by atoms with Crippen LogP contribution in [0.25, 0.3) is 0 Å². The van der Waals surface area contributed by atoms with Crippen molar-refractivity contribution in [1.82, 2.24) is 15.1 Å². The SMILES string of the molecule is CCOC(=O)[C@@H]1CCCCN1C(=O)CSc1nnc(Nc2ccccc2C)s1. The van der Waals surface area contributed by atoms with Crippen LogP contribution in [0.5, 0.6) is 0 Å². The maximum atomic E-state index is 12.7. The number of nitrogens with zero attached hydrogens (tertiary/aromatic N) is 3. The molecule has 0 spiro atoms. The van der Waals surface area contributed by atoms with E-state index in [1.807, 2.05) is 31.2 Å². The summed E-state index contributed by atoms with van der Waals surface area (Å²) in [7, 11) is 0. The summed E-state index contributed by atoms with van der Waals surface area (Å²) in [6.45, 7) is 4.73. The summed E-state index contributed by atoms with van der Waals surface area (Å²) in [5.74, 6) is -0.137. The predicted octanol–water partition coefficient (Wildman–Crippen LogP) is 3.63.